The van der Waals surface area contributed by atoms with E-state index in [0.717, 1.165) is 12.1 Å². The van der Waals surface area contributed by atoms with Crippen LogP contribution in [0.5, 0.6) is 0 Å². The van der Waals surface area contributed by atoms with Gasteiger partial charge >= 0.3 is 6.18 Å². The molecular weight excluding hydrogens is 243 g/mol. The molecule has 2 aromatic rings. The number of alkyl halides is 3. The third-order valence-electron chi connectivity index (χ3n) is 2.50. The Hall–Kier alpha value is -1.88. The van der Waals surface area contributed by atoms with Gasteiger partial charge in [-0.05, 0) is 35.4 Å². The molecule has 2 nitrogen and oxygen atoms in total. The van der Waals surface area contributed by atoms with Gasteiger partial charge in [-0.25, -0.2) is 0 Å². The maximum absolute atomic E-state index is 12.7. The van der Waals surface area contributed by atoms with E-state index in [9.17, 15) is 13.2 Å². The van der Waals surface area contributed by atoms with Crippen molar-refractivity contribution in [1.29, 1.82) is 0 Å². The first kappa shape index (κ1) is 12.6. The molecule has 0 aliphatic heterocycles. The number of aromatic nitrogens is 1. The third kappa shape index (κ3) is 2.68. The van der Waals surface area contributed by atoms with Crippen LogP contribution in [0.2, 0.25) is 0 Å². The van der Waals surface area contributed by atoms with E-state index in [-0.39, 0.29) is 5.56 Å². The van der Waals surface area contributed by atoms with E-state index in [1.165, 1.54) is 12.3 Å². The molecule has 2 rings (SSSR count). The quantitative estimate of drug-likeness (QED) is 0.891. The Morgan fingerprint density at radius 3 is 2.44 bits per heavy atom. The van der Waals surface area contributed by atoms with Crippen LogP contribution in [0.25, 0.3) is 11.1 Å². The van der Waals surface area contributed by atoms with Crippen molar-refractivity contribution >= 4 is 0 Å². The fourth-order valence-corrected chi connectivity index (χ4v) is 1.65. The van der Waals surface area contributed by atoms with Gasteiger partial charge in [-0.15, -0.1) is 0 Å². The van der Waals surface area contributed by atoms with Crippen molar-refractivity contribution in [3.8, 4) is 11.1 Å². The number of aliphatic hydroxyl groups excluding tert-OH is 1. The maximum Gasteiger partial charge on any atom is 0.416 e. The second kappa shape index (κ2) is 4.78. The maximum atomic E-state index is 12.7. The smallest absolute Gasteiger partial charge is 0.392 e. The molecule has 18 heavy (non-hydrogen) atoms. The van der Waals surface area contributed by atoms with Crippen molar-refractivity contribution < 1.29 is 18.3 Å². The molecule has 0 bridgehead atoms. The lowest BCUT2D eigenvalue weighted by Crippen LogP contribution is -2.06. The Balaban J connectivity index is 2.55. The van der Waals surface area contributed by atoms with E-state index in [1.54, 1.807) is 18.3 Å². The van der Waals surface area contributed by atoms with E-state index < -0.39 is 18.3 Å². The molecule has 0 saturated heterocycles. The van der Waals surface area contributed by atoms with Gasteiger partial charge in [0.15, 0.2) is 0 Å². The average Bonchev–Trinajstić information content (AvgIpc) is 2.38. The first-order chi connectivity index (χ1) is 8.50. The molecule has 0 saturated carbocycles. The lowest BCUT2D eigenvalue weighted by molar-refractivity contribution is -0.137. The summed E-state index contributed by atoms with van der Waals surface area (Å²) >= 11 is 0. The zero-order valence-corrected chi connectivity index (χ0v) is 9.28. The lowest BCUT2D eigenvalue weighted by Gasteiger charge is -2.11. The Kier molecular flexibility index (Phi) is 3.34. The molecule has 0 atom stereocenters. The SMILES string of the molecule is OCc1cc(-c2cccnc2)cc(C(F)(F)F)c1. The predicted octanol–water partition coefficient (Wildman–Crippen LogP) is 3.26. The Labute approximate surface area is 102 Å². The van der Waals surface area contributed by atoms with E-state index >= 15 is 0 Å². The van der Waals surface area contributed by atoms with Gasteiger partial charge in [0.2, 0.25) is 0 Å². The molecule has 1 heterocycles. The van der Waals surface area contributed by atoms with Crippen molar-refractivity contribution in [2.24, 2.45) is 0 Å². The predicted molar refractivity (Wildman–Crippen MR) is 60.6 cm³/mol. The summed E-state index contributed by atoms with van der Waals surface area (Å²) in [6.45, 7) is -0.433. The van der Waals surface area contributed by atoms with Gasteiger partial charge in [-0.3, -0.25) is 4.98 Å². The molecule has 0 amide bonds. The Bertz CT molecular complexity index is 538. The van der Waals surface area contributed by atoms with Gasteiger partial charge in [-0.2, -0.15) is 13.2 Å². The van der Waals surface area contributed by atoms with E-state index in [0.29, 0.717) is 11.1 Å². The first-order valence-electron chi connectivity index (χ1n) is 5.23. The molecule has 1 aromatic heterocycles. The fraction of sp³-hybridized carbons (Fsp3) is 0.154. The highest BCUT2D eigenvalue weighted by molar-refractivity contribution is 5.64. The second-order valence-electron chi connectivity index (χ2n) is 3.82. The summed E-state index contributed by atoms with van der Waals surface area (Å²) in [5, 5.41) is 9.02. The minimum atomic E-state index is -4.43. The molecule has 94 valence electrons. The summed E-state index contributed by atoms with van der Waals surface area (Å²) in [4.78, 5) is 3.86. The topological polar surface area (TPSA) is 33.1 Å². The van der Waals surface area contributed by atoms with E-state index in [1.807, 2.05) is 0 Å². The van der Waals surface area contributed by atoms with Crippen LogP contribution in [0, 0.1) is 0 Å². The zero-order valence-electron chi connectivity index (χ0n) is 9.28. The van der Waals surface area contributed by atoms with Crippen LogP contribution in [0.4, 0.5) is 13.2 Å². The van der Waals surface area contributed by atoms with Crippen LogP contribution in [0.3, 0.4) is 0 Å². The van der Waals surface area contributed by atoms with Gasteiger partial charge < -0.3 is 5.11 Å². The number of halogens is 3. The van der Waals surface area contributed by atoms with Crippen LogP contribution in [0.15, 0.2) is 42.7 Å². The average molecular weight is 253 g/mol. The Morgan fingerprint density at radius 2 is 1.89 bits per heavy atom. The number of rotatable bonds is 2. The van der Waals surface area contributed by atoms with Crippen molar-refractivity contribution in [2.75, 3.05) is 0 Å². The number of benzene rings is 1. The van der Waals surface area contributed by atoms with Gasteiger partial charge in [0.1, 0.15) is 0 Å². The van der Waals surface area contributed by atoms with Crippen molar-refractivity contribution in [1.82, 2.24) is 4.98 Å². The number of hydrogen-bond acceptors (Lipinski definition) is 2. The van der Waals surface area contributed by atoms with Gasteiger partial charge in [0, 0.05) is 18.0 Å². The molecule has 1 aromatic carbocycles. The summed E-state index contributed by atoms with van der Waals surface area (Å²) in [6.07, 6.45) is -1.40. The molecule has 1 N–H and O–H groups in total. The highest BCUT2D eigenvalue weighted by Gasteiger charge is 2.31. The number of hydrogen-bond donors (Lipinski definition) is 1. The summed E-state index contributed by atoms with van der Waals surface area (Å²) in [5.74, 6) is 0. The molecule has 0 fully saturated rings. The Morgan fingerprint density at radius 1 is 1.11 bits per heavy atom. The normalized spacial score (nSPS) is 11.6. The second-order valence-corrected chi connectivity index (χ2v) is 3.82. The minimum Gasteiger partial charge on any atom is -0.392 e. The van der Waals surface area contributed by atoms with Crippen molar-refractivity contribution in [3.05, 3.63) is 53.9 Å². The first-order valence-corrected chi connectivity index (χ1v) is 5.23. The molecule has 0 aliphatic carbocycles. The summed E-state index contributed by atoms with van der Waals surface area (Å²) in [5.41, 5.74) is 0.428. The standard InChI is InChI=1S/C13H10F3NO/c14-13(15,16)12-5-9(8-18)4-11(6-12)10-2-1-3-17-7-10/h1-7,18H,8H2. The van der Waals surface area contributed by atoms with Gasteiger partial charge in [0.05, 0.1) is 12.2 Å². The van der Waals surface area contributed by atoms with Gasteiger partial charge in [-0.1, -0.05) is 6.07 Å². The van der Waals surface area contributed by atoms with Crippen LogP contribution >= 0.6 is 0 Å². The summed E-state index contributed by atoms with van der Waals surface area (Å²) < 4.78 is 38.1. The molecule has 0 spiro atoms. The number of nitrogens with zero attached hydrogens (tertiary/aromatic N) is 1. The zero-order chi connectivity index (χ0) is 13.2. The third-order valence-corrected chi connectivity index (χ3v) is 2.50. The van der Waals surface area contributed by atoms with E-state index in [2.05, 4.69) is 4.98 Å². The van der Waals surface area contributed by atoms with Crippen LogP contribution < -0.4 is 0 Å². The lowest BCUT2D eigenvalue weighted by atomic mass is 10.0. The number of pyridine rings is 1. The molecule has 5 heteroatoms. The van der Waals surface area contributed by atoms with Crippen LogP contribution in [-0.4, -0.2) is 10.1 Å². The van der Waals surface area contributed by atoms with Crippen LogP contribution in [-0.2, 0) is 12.8 Å². The molecule has 0 aliphatic rings. The highest BCUT2D eigenvalue weighted by atomic mass is 19.4. The molecule has 0 unspecified atom stereocenters. The van der Waals surface area contributed by atoms with Crippen LogP contribution in [0.1, 0.15) is 11.1 Å². The fourth-order valence-electron chi connectivity index (χ4n) is 1.65. The van der Waals surface area contributed by atoms with Crippen molar-refractivity contribution in [3.63, 3.8) is 0 Å². The summed E-state index contributed by atoms with van der Waals surface area (Å²) in [7, 11) is 0. The monoisotopic (exact) mass is 253 g/mol. The van der Waals surface area contributed by atoms with Crippen molar-refractivity contribution in [2.45, 2.75) is 12.8 Å². The largest absolute Gasteiger partial charge is 0.416 e. The highest BCUT2D eigenvalue weighted by Crippen LogP contribution is 2.33. The molecule has 0 radical (unpaired) electrons. The summed E-state index contributed by atoms with van der Waals surface area (Å²) in [6, 6.07) is 6.83. The number of aliphatic hydroxyl groups is 1. The molecular formula is C13H10F3NO. The minimum absolute atomic E-state index is 0.226. The van der Waals surface area contributed by atoms with Gasteiger partial charge in [0.25, 0.3) is 0 Å². The van der Waals surface area contributed by atoms with E-state index in [4.69, 9.17) is 5.11 Å².